The molecule has 0 bridgehead atoms. The molecule has 2 N–H and O–H groups in total. The van der Waals surface area contributed by atoms with Crippen LogP contribution in [0.2, 0.25) is 10.0 Å². The summed E-state index contributed by atoms with van der Waals surface area (Å²) < 4.78 is 1.68. The predicted octanol–water partition coefficient (Wildman–Crippen LogP) is 2.01. The van der Waals surface area contributed by atoms with Crippen LogP contribution in [0.25, 0.3) is 5.69 Å². The molecule has 1 aliphatic heterocycles. The number of rotatable bonds is 6. The van der Waals surface area contributed by atoms with Gasteiger partial charge in [-0.3, -0.25) is 14.5 Å². The third kappa shape index (κ3) is 4.13. The molecule has 0 atom stereocenters. The first-order valence-electron chi connectivity index (χ1n) is 8.63. The minimum absolute atomic E-state index is 0.00237. The number of halogens is 2. The minimum atomic E-state index is -0.438. The smallest absolute Gasteiger partial charge is 0.324 e. The molecule has 0 saturated carbocycles. The summed E-state index contributed by atoms with van der Waals surface area (Å²) in [5.74, 6) is -0.521. The van der Waals surface area contributed by atoms with Crippen molar-refractivity contribution in [2.75, 3.05) is 19.6 Å². The first-order chi connectivity index (χ1) is 13.3. The summed E-state index contributed by atoms with van der Waals surface area (Å²) in [6.07, 6.45) is 0.128. The van der Waals surface area contributed by atoms with E-state index in [-0.39, 0.29) is 37.9 Å². The van der Waals surface area contributed by atoms with E-state index in [0.717, 1.165) is 16.2 Å². The van der Waals surface area contributed by atoms with Crippen molar-refractivity contribution in [3.8, 4) is 5.69 Å². The van der Waals surface area contributed by atoms with Gasteiger partial charge in [0, 0.05) is 29.4 Å². The van der Waals surface area contributed by atoms with Gasteiger partial charge in [-0.15, -0.1) is 0 Å². The number of urea groups is 1. The van der Waals surface area contributed by atoms with E-state index in [1.165, 1.54) is 0 Å². The van der Waals surface area contributed by atoms with Crippen LogP contribution in [-0.4, -0.2) is 52.2 Å². The van der Waals surface area contributed by atoms with E-state index in [1.807, 2.05) is 13.8 Å². The Balaban J connectivity index is 1.66. The highest BCUT2D eigenvalue weighted by atomic mass is 35.5. The Labute approximate surface area is 171 Å². The Kier molecular flexibility index (Phi) is 5.90. The molecule has 3 rings (SSSR count). The molecule has 4 amide bonds. The van der Waals surface area contributed by atoms with E-state index in [0.29, 0.717) is 21.4 Å². The number of imide groups is 1. The molecule has 28 heavy (non-hydrogen) atoms. The van der Waals surface area contributed by atoms with Crippen molar-refractivity contribution in [3.63, 3.8) is 0 Å². The summed E-state index contributed by atoms with van der Waals surface area (Å²) in [5.41, 5.74) is 2.98. The zero-order valence-corrected chi connectivity index (χ0v) is 16.9. The first-order valence-corrected chi connectivity index (χ1v) is 9.39. The van der Waals surface area contributed by atoms with E-state index in [4.69, 9.17) is 23.2 Å². The van der Waals surface area contributed by atoms with Crippen LogP contribution in [0.15, 0.2) is 18.2 Å². The van der Waals surface area contributed by atoms with Crippen molar-refractivity contribution in [1.82, 2.24) is 25.3 Å². The van der Waals surface area contributed by atoms with Gasteiger partial charge in [0.05, 0.1) is 29.4 Å². The molecule has 2 aromatic rings. The van der Waals surface area contributed by atoms with Crippen molar-refractivity contribution in [3.05, 3.63) is 45.2 Å². The van der Waals surface area contributed by atoms with E-state index in [2.05, 4.69) is 15.7 Å². The van der Waals surface area contributed by atoms with Gasteiger partial charge in [-0.05, 0) is 32.0 Å². The van der Waals surface area contributed by atoms with Crippen LogP contribution in [0.3, 0.4) is 0 Å². The number of nitrogens with zero attached hydrogens (tertiary/aromatic N) is 3. The van der Waals surface area contributed by atoms with Gasteiger partial charge in [-0.1, -0.05) is 23.2 Å². The summed E-state index contributed by atoms with van der Waals surface area (Å²) >= 11 is 12.2. The van der Waals surface area contributed by atoms with Gasteiger partial charge >= 0.3 is 6.03 Å². The summed E-state index contributed by atoms with van der Waals surface area (Å²) in [5, 5.41) is 10.6. The van der Waals surface area contributed by atoms with Crippen LogP contribution >= 0.6 is 23.2 Å². The van der Waals surface area contributed by atoms with Crippen LogP contribution in [0.4, 0.5) is 4.79 Å². The van der Waals surface area contributed by atoms with Gasteiger partial charge in [-0.25, -0.2) is 9.48 Å². The van der Waals surface area contributed by atoms with E-state index >= 15 is 0 Å². The Morgan fingerprint density at radius 3 is 2.68 bits per heavy atom. The molecule has 0 unspecified atom stereocenters. The van der Waals surface area contributed by atoms with Crippen LogP contribution in [0.5, 0.6) is 0 Å². The van der Waals surface area contributed by atoms with Crippen molar-refractivity contribution < 1.29 is 14.4 Å². The summed E-state index contributed by atoms with van der Waals surface area (Å²) in [6, 6.07) is 4.69. The SMILES string of the molecule is Cc1nn(-c2ccc(Cl)cc2Cl)c(C)c1CC(=O)NCCN1C(=O)CNC1=O. The second-order valence-electron chi connectivity index (χ2n) is 6.39. The number of aryl methyl sites for hydroxylation is 1. The maximum Gasteiger partial charge on any atom is 0.324 e. The molecule has 1 saturated heterocycles. The second-order valence-corrected chi connectivity index (χ2v) is 7.23. The van der Waals surface area contributed by atoms with Gasteiger partial charge in [0.1, 0.15) is 0 Å². The molecule has 2 heterocycles. The Morgan fingerprint density at radius 1 is 1.29 bits per heavy atom. The maximum atomic E-state index is 12.3. The lowest BCUT2D eigenvalue weighted by Gasteiger charge is -2.13. The number of nitrogens with one attached hydrogen (secondary N) is 2. The standard InChI is InChI=1S/C18H19Cl2N5O3/c1-10-13(8-16(26)21-5-6-24-17(27)9-22-18(24)28)11(2)25(23-10)15-4-3-12(19)7-14(15)20/h3-4,7H,5-6,8-9H2,1-2H3,(H,21,26)(H,22,28). The van der Waals surface area contributed by atoms with Gasteiger partial charge in [0.2, 0.25) is 11.8 Å². The highest BCUT2D eigenvalue weighted by molar-refractivity contribution is 6.35. The number of carbonyl (C=O) groups excluding carboxylic acids is 3. The van der Waals surface area contributed by atoms with Gasteiger partial charge in [-0.2, -0.15) is 5.10 Å². The normalized spacial score (nSPS) is 13.8. The lowest BCUT2D eigenvalue weighted by molar-refractivity contribution is -0.125. The predicted molar refractivity (Wildman–Crippen MR) is 105 cm³/mol. The third-order valence-electron chi connectivity index (χ3n) is 4.51. The lowest BCUT2D eigenvalue weighted by atomic mass is 10.1. The van der Waals surface area contributed by atoms with E-state index in [1.54, 1.807) is 22.9 Å². The summed E-state index contributed by atoms with van der Waals surface area (Å²) in [6.45, 7) is 4.00. The van der Waals surface area contributed by atoms with Crippen LogP contribution in [0.1, 0.15) is 17.0 Å². The van der Waals surface area contributed by atoms with Crippen molar-refractivity contribution in [2.45, 2.75) is 20.3 Å². The Bertz CT molecular complexity index is 941. The maximum absolute atomic E-state index is 12.3. The molecule has 1 aliphatic rings. The van der Waals surface area contributed by atoms with Crippen molar-refractivity contribution in [1.29, 1.82) is 0 Å². The fourth-order valence-corrected chi connectivity index (χ4v) is 3.52. The number of benzene rings is 1. The minimum Gasteiger partial charge on any atom is -0.354 e. The van der Waals surface area contributed by atoms with Crippen LogP contribution in [-0.2, 0) is 16.0 Å². The zero-order chi connectivity index (χ0) is 20.4. The zero-order valence-electron chi connectivity index (χ0n) is 15.4. The molecule has 148 valence electrons. The third-order valence-corrected chi connectivity index (χ3v) is 5.05. The summed E-state index contributed by atoms with van der Waals surface area (Å²) in [4.78, 5) is 36.4. The highest BCUT2D eigenvalue weighted by Crippen LogP contribution is 2.27. The number of carbonyl (C=O) groups is 3. The number of hydrogen-bond acceptors (Lipinski definition) is 4. The quantitative estimate of drug-likeness (QED) is 0.694. The van der Waals surface area contributed by atoms with Crippen molar-refractivity contribution >= 4 is 41.0 Å². The Morgan fingerprint density at radius 2 is 2.04 bits per heavy atom. The monoisotopic (exact) mass is 423 g/mol. The average molecular weight is 424 g/mol. The topological polar surface area (TPSA) is 96.3 Å². The lowest BCUT2D eigenvalue weighted by Crippen LogP contribution is -2.39. The van der Waals surface area contributed by atoms with E-state index in [9.17, 15) is 14.4 Å². The molecule has 0 aliphatic carbocycles. The van der Waals surface area contributed by atoms with Gasteiger partial charge in [0.25, 0.3) is 0 Å². The van der Waals surface area contributed by atoms with Crippen LogP contribution in [0, 0.1) is 13.8 Å². The molecule has 1 aromatic heterocycles. The molecule has 10 heteroatoms. The molecule has 0 radical (unpaired) electrons. The average Bonchev–Trinajstić information content (AvgIpc) is 3.09. The van der Waals surface area contributed by atoms with Crippen molar-refractivity contribution in [2.24, 2.45) is 0 Å². The van der Waals surface area contributed by atoms with Gasteiger partial charge in [0.15, 0.2) is 0 Å². The first kappa shape index (κ1) is 20.2. The molecule has 8 nitrogen and oxygen atoms in total. The second kappa shape index (κ2) is 8.20. The number of hydrogen-bond donors (Lipinski definition) is 2. The number of aromatic nitrogens is 2. The summed E-state index contributed by atoms with van der Waals surface area (Å²) in [7, 11) is 0. The van der Waals surface area contributed by atoms with Gasteiger partial charge < -0.3 is 10.6 Å². The van der Waals surface area contributed by atoms with E-state index < -0.39 is 6.03 Å². The Hall–Kier alpha value is -2.58. The largest absolute Gasteiger partial charge is 0.354 e. The fraction of sp³-hybridized carbons (Fsp3) is 0.333. The molecule has 1 fully saturated rings. The molecular formula is C18H19Cl2N5O3. The van der Waals surface area contributed by atoms with Crippen LogP contribution < -0.4 is 10.6 Å². The molecule has 0 spiro atoms. The molecule has 1 aromatic carbocycles. The molecular weight excluding hydrogens is 405 g/mol. The fourth-order valence-electron chi connectivity index (χ4n) is 3.03. The number of amides is 4. The highest BCUT2D eigenvalue weighted by Gasteiger charge is 2.27.